The van der Waals surface area contributed by atoms with Crippen molar-refractivity contribution in [1.82, 2.24) is 5.32 Å². The van der Waals surface area contributed by atoms with E-state index >= 15 is 0 Å². The highest BCUT2D eigenvalue weighted by atomic mass is 32.2. The third-order valence-electron chi connectivity index (χ3n) is 2.54. The van der Waals surface area contributed by atoms with Gasteiger partial charge in [0, 0.05) is 6.54 Å². The van der Waals surface area contributed by atoms with Gasteiger partial charge in [-0.1, -0.05) is 12.1 Å². The van der Waals surface area contributed by atoms with Gasteiger partial charge in [-0.15, -0.1) is 0 Å². The maximum atomic E-state index is 11.1. The first kappa shape index (κ1) is 11.5. The molecule has 1 heterocycles. The van der Waals surface area contributed by atoms with E-state index in [1.54, 1.807) is 12.1 Å². The van der Waals surface area contributed by atoms with E-state index in [2.05, 4.69) is 5.32 Å². The van der Waals surface area contributed by atoms with Gasteiger partial charge < -0.3 is 4.74 Å². The average molecular weight is 242 g/mol. The molecule has 0 radical (unpaired) electrons. The van der Waals surface area contributed by atoms with E-state index in [0.29, 0.717) is 0 Å². The fourth-order valence-corrected chi connectivity index (χ4v) is 2.20. The highest BCUT2D eigenvalue weighted by Gasteiger charge is 2.22. The molecule has 88 valence electrons. The number of rotatable bonds is 2. The van der Waals surface area contributed by atoms with Crippen LogP contribution >= 0.6 is 0 Å². The van der Waals surface area contributed by atoms with Gasteiger partial charge in [0.1, 0.15) is 6.23 Å². The Bertz CT molecular complexity index is 469. The first-order valence-electron chi connectivity index (χ1n) is 4.98. The van der Waals surface area contributed by atoms with Gasteiger partial charge >= 0.3 is 0 Å². The SMILES string of the molecule is CC1NCC(c2ccc(S(N)(=O)=O)cc2)O1. The molecule has 1 aromatic rings. The molecule has 5 nitrogen and oxygen atoms in total. The topological polar surface area (TPSA) is 81.4 Å². The summed E-state index contributed by atoms with van der Waals surface area (Å²) in [5.74, 6) is 0. The molecule has 1 aliphatic heterocycles. The predicted molar refractivity (Wildman–Crippen MR) is 59.1 cm³/mol. The third kappa shape index (κ3) is 2.41. The van der Waals surface area contributed by atoms with Crippen molar-refractivity contribution in [2.45, 2.75) is 24.2 Å². The zero-order chi connectivity index (χ0) is 11.8. The summed E-state index contributed by atoms with van der Waals surface area (Å²) in [6, 6.07) is 6.45. The molecule has 1 aliphatic rings. The van der Waals surface area contributed by atoms with Crippen LogP contribution in [0.2, 0.25) is 0 Å². The highest BCUT2D eigenvalue weighted by molar-refractivity contribution is 7.89. The number of hydrogen-bond acceptors (Lipinski definition) is 4. The average Bonchev–Trinajstić information content (AvgIpc) is 2.64. The molecule has 16 heavy (non-hydrogen) atoms. The van der Waals surface area contributed by atoms with E-state index in [1.165, 1.54) is 12.1 Å². The molecule has 1 aromatic carbocycles. The second kappa shape index (κ2) is 4.14. The van der Waals surface area contributed by atoms with Gasteiger partial charge in [-0.3, -0.25) is 5.32 Å². The van der Waals surface area contributed by atoms with Crippen molar-refractivity contribution in [3.63, 3.8) is 0 Å². The maximum absolute atomic E-state index is 11.1. The molecular weight excluding hydrogens is 228 g/mol. The van der Waals surface area contributed by atoms with Crippen LogP contribution in [0.1, 0.15) is 18.6 Å². The van der Waals surface area contributed by atoms with E-state index in [4.69, 9.17) is 9.88 Å². The smallest absolute Gasteiger partial charge is 0.238 e. The molecule has 6 heteroatoms. The summed E-state index contributed by atoms with van der Waals surface area (Å²) in [7, 11) is -3.61. The first-order valence-corrected chi connectivity index (χ1v) is 6.53. The minimum atomic E-state index is -3.61. The molecular formula is C10H14N2O3S. The second-order valence-corrected chi connectivity index (χ2v) is 5.35. The van der Waals surface area contributed by atoms with E-state index in [9.17, 15) is 8.42 Å². The van der Waals surface area contributed by atoms with Gasteiger partial charge in [-0.25, -0.2) is 13.6 Å². The largest absolute Gasteiger partial charge is 0.354 e. The van der Waals surface area contributed by atoms with Crippen LogP contribution in [-0.2, 0) is 14.8 Å². The Morgan fingerprint density at radius 3 is 2.44 bits per heavy atom. The molecule has 0 amide bonds. The quantitative estimate of drug-likeness (QED) is 0.783. The second-order valence-electron chi connectivity index (χ2n) is 3.79. The van der Waals surface area contributed by atoms with Crippen molar-refractivity contribution in [3.05, 3.63) is 29.8 Å². The molecule has 1 fully saturated rings. The molecule has 0 bridgehead atoms. The van der Waals surface area contributed by atoms with Crippen LogP contribution in [0.15, 0.2) is 29.2 Å². The Morgan fingerprint density at radius 2 is 2.00 bits per heavy atom. The molecule has 0 spiro atoms. The summed E-state index contributed by atoms with van der Waals surface area (Å²) in [4.78, 5) is 0.121. The molecule has 2 atom stereocenters. The lowest BCUT2D eigenvalue weighted by Crippen LogP contribution is -2.17. The monoisotopic (exact) mass is 242 g/mol. The van der Waals surface area contributed by atoms with Crippen LogP contribution in [0.5, 0.6) is 0 Å². The van der Waals surface area contributed by atoms with E-state index in [0.717, 1.165) is 12.1 Å². The molecule has 1 saturated heterocycles. The lowest BCUT2D eigenvalue weighted by atomic mass is 10.1. The molecule has 3 N–H and O–H groups in total. The molecule has 2 rings (SSSR count). The number of sulfonamides is 1. The summed E-state index contributed by atoms with van der Waals surface area (Å²) < 4.78 is 27.7. The van der Waals surface area contributed by atoms with Crippen molar-refractivity contribution in [2.24, 2.45) is 5.14 Å². The van der Waals surface area contributed by atoms with E-state index in [-0.39, 0.29) is 17.2 Å². The first-order chi connectivity index (χ1) is 7.47. The number of nitrogens with one attached hydrogen (secondary N) is 1. The van der Waals surface area contributed by atoms with Gasteiger partial charge in [0.25, 0.3) is 0 Å². The van der Waals surface area contributed by atoms with Crippen LogP contribution in [-0.4, -0.2) is 21.2 Å². The van der Waals surface area contributed by atoms with Crippen molar-refractivity contribution >= 4 is 10.0 Å². The van der Waals surface area contributed by atoms with Gasteiger partial charge in [0.05, 0.1) is 11.0 Å². The van der Waals surface area contributed by atoms with Crippen molar-refractivity contribution in [2.75, 3.05) is 6.54 Å². The predicted octanol–water partition coefficient (Wildman–Crippen LogP) is 0.341. The Hall–Kier alpha value is -0.950. The normalized spacial score (nSPS) is 25.9. The van der Waals surface area contributed by atoms with Crippen LogP contribution < -0.4 is 10.5 Å². The van der Waals surface area contributed by atoms with E-state index in [1.807, 2.05) is 6.92 Å². The number of nitrogens with two attached hydrogens (primary N) is 1. The Balaban J connectivity index is 2.20. The number of hydrogen-bond donors (Lipinski definition) is 2. The highest BCUT2D eigenvalue weighted by Crippen LogP contribution is 2.23. The Kier molecular flexibility index (Phi) is 2.98. The minimum absolute atomic E-state index is 0.0236. The fourth-order valence-electron chi connectivity index (χ4n) is 1.68. The lowest BCUT2D eigenvalue weighted by Gasteiger charge is -2.10. The van der Waals surface area contributed by atoms with Gasteiger partial charge in [0.2, 0.25) is 10.0 Å². The fraction of sp³-hybridized carbons (Fsp3) is 0.400. The van der Waals surface area contributed by atoms with Crippen LogP contribution in [0.4, 0.5) is 0 Å². The Labute approximate surface area is 94.6 Å². The maximum Gasteiger partial charge on any atom is 0.238 e. The van der Waals surface area contributed by atoms with Gasteiger partial charge in [-0.05, 0) is 24.6 Å². The van der Waals surface area contributed by atoms with Crippen LogP contribution in [0.25, 0.3) is 0 Å². The third-order valence-corrected chi connectivity index (χ3v) is 3.47. The van der Waals surface area contributed by atoms with Gasteiger partial charge in [0.15, 0.2) is 0 Å². The zero-order valence-electron chi connectivity index (χ0n) is 8.88. The molecule has 0 aromatic heterocycles. The number of benzene rings is 1. The summed E-state index contributed by atoms with van der Waals surface area (Å²) in [5, 5.41) is 8.16. The van der Waals surface area contributed by atoms with Crippen LogP contribution in [0, 0.1) is 0 Å². The standard InChI is InChI=1S/C10H14N2O3S/c1-7-12-6-10(15-7)8-2-4-9(5-3-8)16(11,13)14/h2-5,7,10,12H,6H2,1H3,(H2,11,13,14). The van der Waals surface area contributed by atoms with Crippen molar-refractivity contribution < 1.29 is 13.2 Å². The molecule has 2 unspecified atom stereocenters. The van der Waals surface area contributed by atoms with E-state index < -0.39 is 10.0 Å². The summed E-state index contributed by atoms with van der Waals surface area (Å²) in [5.41, 5.74) is 0.948. The van der Waals surface area contributed by atoms with Crippen molar-refractivity contribution in [3.8, 4) is 0 Å². The Morgan fingerprint density at radius 1 is 1.38 bits per heavy atom. The summed E-state index contributed by atoms with van der Waals surface area (Å²) >= 11 is 0. The van der Waals surface area contributed by atoms with Crippen LogP contribution in [0.3, 0.4) is 0 Å². The molecule has 0 saturated carbocycles. The van der Waals surface area contributed by atoms with Crippen molar-refractivity contribution in [1.29, 1.82) is 0 Å². The summed E-state index contributed by atoms with van der Waals surface area (Å²) in [6.07, 6.45) is 0.00689. The minimum Gasteiger partial charge on any atom is -0.354 e. The summed E-state index contributed by atoms with van der Waals surface area (Å²) in [6.45, 7) is 2.66. The molecule has 0 aliphatic carbocycles. The lowest BCUT2D eigenvalue weighted by molar-refractivity contribution is 0.0529. The zero-order valence-corrected chi connectivity index (χ0v) is 9.70. The number of ether oxygens (including phenoxy) is 1. The number of primary sulfonamides is 1. The van der Waals surface area contributed by atoms with Gasteiger partial charge in [-0.2, -0.15) is 0 Å².